The maximum Gasteiger partial charge on any atom is 0.123 e. The van der Waals surface area contributed by atoms with E-state index in [0.717, 1.165) is 17.5 Å². The van der Waals surface area contributed by atoms with Crippen LogP contribution in [-0.4, -0.2) is 16.8 Å². The van der Waals surface area contributed by atoms with Gasteiger partial charge in [0.15, 0.2) is 0 Å². The lowest BCUT2D eigenvalue weighted by Crippen LogP contribution is -1.97. The first-order valence-corrected chi connectivity index (χ1v) is 14.1. The van der Waals surface area contributed by atoms with Crippen LogP contribution in [0.15, 0.2) is 42.5 Å². The Balaban J connectivity index is 1.47. The van der Waals surface area contributed by atoms with Crippen LogP contribution in [0.25, 0.3) is 12.2 Å². The summed E-state index contributed by atoms with van der Waals surface area (Å²) in [5.41, 5.74) is 1.88. The van der Waals surface area contributed by atoms with Gasteiger partial charge in [0.1, 0.15) is 17.2 Å². The quantitative estimate of drug-likeness (QED) is 0.146. The number of hydrogen-bond acceptors (Lipinski definition) is 3. The fourth-order valence-corrected chi connectivity index (χ4v) is 4.40. The molecule has 0 spiro atoms. The van der Waals surface area contributed by atoms with E-state index in [2.05, 4.69) is 6.92 Å². The summed E-state index contributed by atoms with van der Waals surface area (Å²) in [4.78, 5) is 0. The second-order valence-corrected chi connectivity index (χ2v) is 9.84. The summed E-state index contributed by atoms with van der Waals surface area (Å²) < 4.78 is 5.89. The van der Waals surface area contributed by atoms with Crippen LogP contribution in [0.2, 0.25) is 0 Å². The highest BCUT2D eigenvalue weighted by molar-refractivity contribution is 5.71. The molecule has 2 N–H and O–H groups in total. The van der Waals surface area contributed by atoms with E-state index in [0.29, 0.717) is 12.4 Å². The highest BCUT2D eigenvalue weighted by atomic mass is 16.5. The van der Waals surface area contributed by atoms with Gasteiger partial charge in [-0.25, -0.2) is 0 Å². The molecule has 0 amide bonds. The molecule has 0 radical (unpaired) electrons. The van der Waals surface area contributed by atoms with E-state index < -0.39 is 0 Å². The number of phenols is 2. The third kappa shape index (κ3) is 14.5. The summed E-state index contributed by atoms with van der Waals surface area (Å²) in [6.07, 6.45) is 25.7. The van der Waals surface area contributed by atoms with E-state index in [1.165, 1.54) is 96.3 Å². The predicted molar refractivity (Wildman–Crippen MR) is 150 cm³/mol. The van der Waals surface area contributed by atoms with Crippen LogP contribution in [0.3, 0.4) is 0 Å². The highest BCUT2D eigenvalue weighted by Gasteiger charge is 2.01. The molecule has 0 unspecified atom stereocenters. The van der Waals surface area contributed by atoms with Crippen molar-refractivity contribution in [2.75, 3.05) is 6.61 Å². The summed E-state index contributed by atoms with van der Waals surface area (Å²) in [6.45, 7) is 2.97. The number of hydrogen-bond donors (Lipinski definition) is 2. The van der Waals surface area contributed by atoms with Crippen LogP contribution < -0.4 is 4.74 Å². The molecular weight excluding hydrogens is 432 g/mol. The van der Waals surface area contributed by atoms with Crippen LogP contribution in [0.4, 0.5) is 0 Å². The normalized spacial score (nSPS) is 11.3. The summed E-state index contributed by atoms with van der Waals surface area (Å²) >= 11 is 0. The van der Waals surface area contributed by atoms with Crippen molar-refractivity contribution in [3.05, 3.63) is 53.6 Å². The first kappa shape index (κ1) is 28.8. The molecule has 0 saturated heterocycles. The summed E-state index contributed by atoms with van der Waals surface area (Å²) in [5, 5.41) is 19.4. The van der Waals surface area contributed by atoms with E-state index in [1.807, 2.05) is 30.4 Å². The molecular formula is C32H48O3. The van der Waals surface area contributed by atoms with E-state index in [4.69, 9.17) is 4.74 Å². The molecule has 0 heterocycles. The Morgan fingerprint density at radius 2 is 1.03 bits per heavy atom. The Bertz CT molecular complexity index is 810. The maximum absolute atomic E-state index is 10.0. The molecule has 0 bridgehead atoms. The van der Waals surface area contributed by atoms with Gasteiger partial charge in [-0.3, -0.25) is 0 Å². The molecule has 2 aromatic rings. The molecule has 0 aliphatic carbocycles. The van der Waals surface area contributed by atoms with Crippen molar-refractivity contribution in [2.45, 2.75) is 110 Å². The fraction of sp³-hybridized carbons (Fsp3) is 0.562. The number of aromatic hydroxyl groups is 2. The Morgan fingerprint density at radius 1 is 0.543 bits per heavy atom. The molecule has 194 valence electrons. The standard InChI is InChI=1S/C32H48O3/c1-2-3-4-5-6-7-8-9-10-11-12-13-14-15-16-17-24-35-32-26-29(25-31(34)27-32)19-18-28-20-22-30(33)23-21-28/h18-23,25-27,33-34H,2-17,24H2,1H3. The van der Waals surface area contributed by atoms with Crippen molar-refractivity contribution in [2.24, 2.45) is 0 Å². The van der Waals surface area contributed by atoms with Gasteiger partial charge in [-0.15, -0.1) is 0 Å². The van der Waals surface area contributed by atoms with Gasteiger partial charge < -0.3 is 14.9 Å². The largest absolute Gasteiger partial charge is 0.508 e. The molecule has 2 aromatic carbocycles. The maximum atomic E-state index is 10.0. The average molecular weight is 481 g/mol. The molecule has 3 nitrogen and oxygen atoms in total. The van der Waals surface area contributed by atoms with Gasteiger partial charge in [0.25, 0.3) is 0 Å². The minimum Gasteiger partial charge on any atom is -0.508 e. The third-order valence-electron chi connectivity index (χ3n) is 6.54. The van der Waals surface area contributed by atoms with E-state index in [9.17, 15) is 10.2 Å². The SMILES string of the molecule is CCCCCCCCCCCCCCCCCCOc1cc(O)cc(C=Cc2ccc(O)cc2)c1. The van der Waals surface area contributed by atoms with Gasteiger partial charge in [-0.2, -0.15) is 0 Å². The van der Waals surface area contributed by atoms with Gasteiger partial charge in [0, 0.05) is 6.07 Å². The van der Waals surface area contributed by atoms with Crippen molar-refractivity contribution in [3.63, 3.8) is 0 Å². The zero-order chi connectivity index (χ0) is 25.0. The molecule has 0 aliphatic heterocycles. The molecule has 0 aromatic heterocycles. The van der Waals surface area contributed by atoms with Gasteiger partial charge in [0.2, 0.25) is 0 Å². The van der Waals surface area contributed by atoms with Gasteiger partial charge in [0.05, 0.1) is 6.61 Å². The minimum absolute atomic E-state index is 0.208. The molecule has 35 heavy (non-hydrogen) atoms. The first-order chi connectivity index (χ1) is 17.2. The Hall–Kier alpha value is -2.42. The molecule has 0 atom stereocenters. The number of phenolic OH excluding ortho intramolecular Hbond substituents is 2. The van der Waals surface area contributed by atoms with Crippen molar-refractivity contribution in [1.82, 2.24) is 0 Å². The van der Waals surface area contributed by atoms with Gasteiger partial charge in [-0.1, -0.05) is 128 Å². The minimum atomic E-state index is 0.208. The zero-order valence-corrected chi connectivity index (χ0v) is 22.0. The average Bonchev–Trinajstić information content (AvgIpc) is 2.85. The second-order valence-electron chi connectivity index (χ2n) is 9.84. The highest BCUT2D eigenvalue weighted by Crippen LogP contribution is 2.24. The molecule has 0 fully saturated rings. The summed E-state index contributed by atoms with van der Waals surface area (Å²) in [5.74, 6) is 1.17. The smallest absolute Gasteiger partial charge is 0.123 e. The van der Waals surface area contributed by atoms with Crippen molar-refractivity contribution < 1.29 is 14.9 Å². The number of rotatable bonds is 20. The summed E-state index contributed by atoms with van der Waals surface area (Å²) in [6, 6.07) is 12.4. The number of ether oxygens (including phenoxy) is 1. The van der Waals surface area contributed by atoms with Crippen LogP contribution in [0.5, 0.6) is 17.2 Å². The lowest BCUT2D eigenvalue weighted by molar-refractivity contribution is 0.302. The molecule has 3 heteroatoms. The Kier molecular flexibility index (Phi) is 15.5. The van der Waals surface area contributed by atoms with Crippen molar-refractivity contribution in [3.8, 4) is 17.2 Å². The Labute approximate surface area is 214 Å². The molecule has 0 aliphatic rings. The van der Waals surface area contributed by atoms with E-state index >= 15 is 0 Å². The van der Waals surface area contributed by atoms with Crippen LogP contribution >= 0.6 is 0 Å². The Morgan fingerprint density at radius 3 is 1.57 bits per heavy atom. The topological polar surface area (TPSA) is 49.7 Å². The van der Waals surface area contributed by atoms with Crippen molar-refractivity contribution in [1.29, 1.82) is 0 Å². The lowest BCUT2D eigenvalue weighted by atomic mass is 10.0. The number of unbranched alkanes of at least 4 members (excludes halogenated alkanes) is 15. The number of benzene rings is 2. The van der Waals surface area contributed by atoms with Crippen LogP contribution in [0.1, 0.15) is 121 Å². The molecule has 2 rings (SSSR count). The first-order valence-electron chi connectivity index (χ1n) is 14.1. The van der Waals surface area contributed by atoms with Gasteiger partial charge >= 0.3 is 0 Å². The lowest BCUT2D eigenvalue weighted by Gasteiger charge is -2.08. The van der Waals surface area contributed by atoms with Crippen molar-refractivity contribution >= 4 is 12.2 Å². The van der Waals surface area contributed by atoms with Crippen LogP contribution in [-0.2, 0) is 0 Å². The summed E-state index contributed by atoms with van der Waals surface area (Å²) in [7, 11) is 0. The van der Waals surface area contributed by atoms with E-state index in [1.54, 1.807) is 24.3 Å². The predicted octanol–water partition coefficient (Wildman–Crippen LogP) is 9.91. The second kappa shape index (κ2) is 18.9. The van der Waals surface area contributed by atoms with Crippen LogP contribution in [0, 0.1) is 0 Å². The zero-order valence-electron chi connectivity index (χ0n) is 22.0. The monoisotopic (exact) mass is 480 g/mol. The fourth-order valence-electron chi connectivity index (χ4n) is 4.40. The van der Waals surface area contributed by atoms with Gasteiger partial charge in [-0.05, 0) is 41.8 Å². The third-order valence-corrected chi connectivity index (χ3v) is 6.54. The van der Waals surface area contributed by atoms with E-state index in [-0.39, 0.29) is 11.5 Å². The molecule has 0 saturated carbocycles.